The van der Waals surface area contributed by atoms with Gasteiger partial charge in [0.25, 0.3) is 23.6 Å². The smallest absolute Gasteiger partial charge is 0.258 e. The van der Waals surface area contributed by atoms with E-state index in [4.69, 9.17) is 67.5 Å². The first-order valence-electron chi connectivity index (χ1n) is 22.1. The quantitative estimate of drug-likeness (QED) is 0.0264. The topological polar surface area (TPSA) is 218 Å². The number of Topliss-reactive ketones (excluding diaryl/α,β-unsaturated/α-hetero) is 2. The molecule has 0 aromatic heterocycles. The van der Waals surface area contributed by atoms with Crippen LogP contribution in [-0.4, -0.2) is 78.1 Å². The van der Waals surface area contributed by atoms with Crippen LogP contribution in [0.5, 0.6) is 11.5 Å². The normalized spacial score (nSPS) is 12.0. The van der Waals surface area contributed by atoms with Gasteiger partial charge in [-0.1, -0.05) is 23.2 Å². The lowest BCUT2D eigenvalue weighted by atomic mass is 10.1. The molecule has 4 amide bonds. The van der Waals surface area contributed by atoms with Crippen molar-refractivity contribution in [3.63, 3.8) is 0 Å². The summed E-state index contributed by atoms with van der Waals surface area (Å²) in [7, 11) is 0. The lowest BCUT2D eigenvalue weighted by molar-refractivity contribution is -0.127. The molecule has 2 atom stereocenters. The predicted molar refractivity (Wildman–Crippen MR) is 279 cm³/mol. The molecule has 0 saturated carbocycles. The highest BCUT2D eigenvalue weighted by Gasteiger charge is 2.26. The van der Waals surface area contributed by atoms with Gasteiger partial charge in [-0.2, -0.15) is 20.5 Å². The average Bonchev–Trinajstić information content (AvgIpc) is 3.32. The SMILES string of the molecule is CCOc1ccc(NC(=O)c2cc(N=NC(C(C)=O)C(=O)Nc3ccc(NC(=O)C(N=Nc4ccc(Cl)c(C(=O)Nc5ccc(OCC)cc5CCCl)c4)C(C)=O)c(CCCl)c3)ccc2Cl)c(CCCl)c1. The summed E-state index contributed by atoms with van der Waals surface area (Å²) in [6.07, 6.45) is 1.13. The molecule has 5 aromatic carbocycles. The number of nitrogens with one attached hydrogen (secondary N) is 4. The lowest BCUT2D eigenvalue weighted by Crippen LogP contribution is -2.32. The summed E-state index contributed by atoms with van der Waals surface area (Å²) < 4.78 is 11.2. The number of hydrogen-bond donors (Lipinski definition) is 4. The van der Waals surface area contributed by atoms with Gasteiger partial charge in [0, 0.05) is 40.4 Å². The van der Waals surface area contributed by atoms with Gasteiger partial charge in [0.1, 0.15) is 11.5 Å². The van der Waals surface area contributed by atoms with Crippen LogP contribution >= 0.6 is 58.0 Å². The third kappa shape index (κ3) is 15.8. The van der Waals surface area contributed by atoms with Crippen LogP contribution in [-0.2, 0) is 38.4 Å². The zero-order valence-electron chi connectivity index (χ0n) is 38.9. The molecule has 0 aliphatic heterocycles. The van der Waals surface area contributed by atoms with Gasteiger partial charge in [-0.15, -0.1) is 34.8 Å². The summed E-state index contributed by atoms with van der Waals surface area (Å²) in [4.78, 5) is 79.4. The number of rotatable bonds is 24. The number of amides is 4. The van der Waals surface area contributed by atoms with Crippen LogP contribution in [0.1, 0.15) is 65.1 Å². The van der Waals surface area contributed by atoms with Crippen molar-refractivity contribution in [1.29, 1.82) is 0 Å². The summed E-state index contributed by atoms with van der Waals surface area (Å²) in [6, 6.07) is 20.3. The zero-order chi connectivity index (χ0) is 51.6. The first-order chi connectivity index (χ1) is 34.1. The number of ether oxygens (including phenoxy) is 2. The molecule has 2 unspecified atom stereocenters. The first-order valence-corrected chi connectivity index (χ1v) is 24.4. The summed E-state index contributed by atoms with van der Waals surface area (Å²) in [5, 5.41) is 27.5. The minimum Gasteiger partial charge on any atom is -0.494 e. The maximum absolute atomic E-state index is 13.6. The summed E-state index contributed by atoms with van der Waals surface area (Å²) >= 11 is 31.0. The Bertz CT molecular complexity index is 2850. The summed E-state index contributed by atoms with van der Waals surface area (Å²) in [6.45, 7) is 7.00. The third-order valence-electron chi connectivity index (χ3n) is 10.2. The third-order valence-corrected chi connectivity index (χ3v) is 11.5. The number of benzene rings is 5. The molecule has 0 radical (unpaired) electrons. The van der Waals surface area contributed by atoms with Crippen LogP contribution < -0.4 is 30.7 Å². The molecule has 5 rings (SSSR count). The highest BCUT2D eigenvalue weighted by molar-refractivity contribution is 6.35. The summed E-state index contributed by atoms with van der Waals surface area (Å²) in [5.41, 5.74) is 3.87. The Morgan fingerprint density at radius 3 is 1.31 bits per heavy atom. The number of ketones is 2. The minimum absolute atomic E-state index is 0.0594. The van der Waals surface area contributed by atoms with Crippen LogP contribution in [0.3, 0.4) is 0 Å². The Hall–Kier alpha value is -6.43. The molecule has 4 N–H and O–H groups in total. The fourth-order valence-corrected chi connectivity index (χ4v) is 7.81. The van der Waals surface area contributed by atoms with Crippen molar-refractivity contribution in [2.45, 2.75) is 59.0 Å². The molecule has 0 spiro atoms. The maximum atomic E-state index is 13.6. The van der Waals surface area contributed by atoms with Crippen molar-refractivity contribution < 1.29 is 38.2 Å². The Morgan fingerprint density at radius 2 is 0.901 bits per heavy atom. The average molecular weight is 1070 g/mol. The highest BCUT2D eigenvalue weighted by atomic mass is 35.5. The second-order valence-corrected chi connectivity index (χ2v) is 17.3. The number of hydrogen-bond acceptors (Lipinski definition) is 12. The van der Waals surface area contributed by atoms with Crippen LogP contribution in [0.25, 0.3) is 0 Å². The molecule has 0 bridgehead atoms. The van der Waals surface area contributed by atoms with Crippen LogP contribution in [0, 0.1) is 0 Å². The second kappa shape index (κ2) is 27.2. The first kappa shape index (κ1) is 55.5. The number of anilines is 4. The Morgan fingerprint density at radius 1 is 0.507 bits per heavy atom. The van der Waals surface area contributed by atoms with Gasteiger partial charge < -0.3 is 30.7 Å². The molecule has 71 heavy (non-hydrogen) atoms. The van der Waals surface area contributed by atoms with E-state index < -0.39 is 47.3 Å². The van der Waals surface area contributed by atoms with Gasteiger partial charge in [-0.05, 0) is 155 Å². The van der Waals surface area contributed by atoms with Crippen LogP contribution in [0.2, 0.25) is 10.0 Å². The Kier molecular flexibility index (Phi) is 21.3. The van der Waals surface area contributed by atoms with E-state index in [1.165, 1.54) is 68.4 Å². The standard InChI is InChI=1S/C50H49Cl5N8O8/c1-5-70-36-10-15-43(31(24-36)18-21-52)57-47(66)38-26-34(7-12-40(38)54)60-62-45(28(3)64)49(68)56-33-9-14-42(30(23-33)17-20-51)59-50(69)46(29(4)65)63-61-35-8-13-41(55)39(27-35)48(67)58-44-16-11-37(71-6-2)25-32(44)19-22-53/h7-16,23-27,45-46H,5-6,17-22H2,1-4H3,(H,56,68)(H,57,66)(H,58,67)(H,59,69). The second-order valence-electron chi connectivity index (χ2n) is 15.4. The number of carbonyl (C=O) groups excluding carboxylic acids is 6. The number of nitrogens with zero attached hydrogens (tertiary/aromatic N) is 4. The number of aryl methyl sites for hydroxylation is 3. The van der Waals surface area contributed by atoms with Crippen molar-refractivity contribution in [3.05, 3.63) is 129 Å². The van der Waals surface area contributed by atoms with Gasteiger partial charge in [0.15, 0.2) is 11.6 Å². The Balaban J connectivity index is 1.27. The minimum atomic E-state index is -1.60. The monoisotopic (exact) mass is 1060 g/mol. The molecule has 0 aliphatic carbocycles. The molecule has 372 valence electrons. The van der Waals surface area contributed by atoms with Gasteiger partial charge in [-0.3, -0.25) is 28.8 Å². The molecule has 0 heterocycles. The van der Waals surface area contributed by atoms with Crippen molar-refractivity contribution in [1.82, 2.24) is 0 Å². The predicted octanol–water partition coefficient (Wildman–Crippen LogP) is 12.0. The van der Waals surface area contributed by atoms with Gasteiger partial charge in [0.05, 0.1) is 45.8 Å². The van der Waals surface area contributed by atoms with Crippen LogP contribution in [0.15, 0.2) is 111 Å². The molecule has 0 aliphatic rings. The van der Waals surface area contributed by atoms with Gasteiger partial charge >= 0.3 is 0 Å². The van der Waals surface area contributed by atoms with Crippen molar-refractivity contribution in [2.24, 2.45) is 20.5 Å². The molecule has 5 aromatic rings. The van der Waals surface area contributed by atoms with E-state index in [0.29, 0.717) is 66.3 Å². The number of halogens is 5. The van der Waals surface area contributed by atoms with Crippen molar-refractivity contribution >= 4 is 127 Å². The molecule has 21 heteroatoms. The largest absolute Gasteiger partial charge is 0.494 e. The van der Waals surface area contributed by atoms with E-state index in [1.807, 2.05) is 13.8 Å². The molecule has 0 fully saturated rings. The summed E-state index contributed by atoms with van der Waals surface area (Å²) in [5.74, 6) is -2.03. The van der Waals surface area contributed by atoms with E-state index in [0.717, 1.165) is 11.1 Å². The highest BCUT2D eigenvalue weighted by Crippen LogP contribution is 2.30. The Labute approximate surface area is 435 Å². The molecular formula is C50H49Cl5N8O8. The van der Waals surface area contributed by atoms with E-state index in [-0.39, 0.29) is 56.2 Å². The maximum Gasteiger partial charge on any atom is 0.258 e. The number of alkyl halides is 3. The van der Waals surface area contributed by atoms with Crippen molar-refractivity contribution in [3.8, 4) is 11.5 Å². The van der Waals surface area contributed by atoms with E-state index in [2.05, 4.69) is 41.7 Å². The van der Waals surface area contributed by atoms with Gasteiger partial charge in [-0.25, -0.2) is 0 Å². The van der Waals surface area contributed by atoms with Crippen molar-refractivity contribution in [2.75, 3.05) is 52.1 Å². The molecular weight excluding hydrogens is 1020 g/mol. The van der Waals surface area contributed by atoms with E-state index in [9.17, 15) is 28.8 Å². The lowest BCUT2D eigenvalue weighted by Gasteiger charge is -2.16. The van der Waals surface area contributed by atoms with E-state index in [1.54, 1.807) is 36.4 Å². The van der Waals surface area contributed by atoms with E-state index >= 15 is 0 Å². The number of azo groups is 2. The fourth-order valence-electron chi connectivity index (χ4n) is 6.79. The fraction of sp³-hybridized carbons (Fsp3) is 0.280. The van der Waals surface area contributed by atoms with Gasteiger partial charge in [0.2, 0.25) is 12.1 Å². The zero-order valence-corrected chi connectivity index (χ0v) is 42.7. The molecule has 0 saturated heterocycles. The molecule has 16 nitrogen and oxygen atoms in total. The number of carbonyl (C=O) groups is 6. The van der Waals surface area contributed by atoms with Crippen LogP contribution in [0.4, 0.5) is 34.1 Å².